The molecule has 0 aliphatic heterocycles. The van der Waals surface area contributed by atoms with Gasteiger partial charge in [0.15, 0.2) is 0 Å². The third kappa shape index (κ3) is 3.96. The Hall–Kier alpha value is -2.07. The van der Waals surface area contributed by atoms with Gasteiger partial charge >= 0.3 is 0 Å². The second-order valence-corrected chi connectivity index (χ2v) is 5.32. The van der Waals surface area contributed by atoms with E-state index in [1.165, 1.54) is 5.56 Å². The Labute approximate surface area is 122 Å². The summed E-state index contributed by atoms with van der Waals surface area (Å²) >= 11 is 1.63. The molecule has 2 rings (SSSR count). The minimum Gasteiger partial charge on any atom is -0.497 e. The molecular formula is C16H17NO2S. The van der Waals surface area contributed by atoms with Crippen LogP contribution in [0.5, 0.6) is 5.75 Å². The maximum absolute atomic E-state index is 11.8. The molecule has 20 heavy (non-hydrogen) atoms. The Balaban J connectivity index is 1.89. The van der Waals surface area contributed by atoms with Crippen LogP contribution in [-0.4, -0.2) is 13.0 Å². The normalized spacial score (nSPS) is 10.7. The molecule has 1 amide bonds. The zero-order chi connectivity index (χ0) is 14.4. The molecule has 0 saturated heterocycles. The van der Waals surface area contributed by atoms with Crippen LogP contribution in [0.25, 0.3) is 6.08 Å². The number of aryl methyl sites for hydroxylation is 1. The fraction of sp³-hybridized carbons (Fsp3) is 0.188. The van der Waals surface area contributed by atoms with Crippen LogP contribution in [0.1, 0.15) is 16.0 Å². The van der Waals surface area contributed by atoms with Crippen LogP contribution < -0.4 is 10.1 Å². The second kappa shape index (κ2) is 6.91. The van der Waals surface area contributed by atoms with Crippen molar-refractivity contribution in [2.24, 2.45) is 0 Å². The topological polar surface area (TPSA) is 38.3 Å². The highest BCUT2D eigenvalue weighted by molar-refractivity contribution is 7.11. The second-order valence-electron chi connectivity index (χ2n) is 4.37. The minimum atomic E-state index is -0.0966. The van der Waals surface area contributed by atoms with Crippen molar-refractivity contribution in [1.82, 2.24) is 5.32 Å². The summed E-state index contributed by atoms with van der Waals surface area (Å²) in [6, 6.07) is 9.69. The van der Waals surface area contributed by atoms with Gasteiger partial charge in [-0.3, -0.25) is 4.79 Å². The van der Waals surface area contributed by atoms with E-state index in [-0.39, 0.29) is 5.91 Å². The van der Waals surface area contributed by atoms with Crippen molar-refractivity contribution in [3.8, 4) is 5.75 Å². The Bertz CT molecular complexity index is 616. The predicted octanol–water partition coefficient (Wildman–Crippen LogP) is 3.39. The van der Waals surface area contributed by atoms with Crippen LogP contribution in [-0.2, 0) is 11.3 Å². The highest BCUT2D eigenvalue weighted by Crippen LogP contribution is 2.17. The van der Waals surface area contributed by atoms with Crippen molar-refractivity contribution >= 4 is 23.3 Å². The fourth-order valence-electron chi connectivity index (χ4n) is 1.74. The molecule has 1 N–H and O–H groups in total. The van der Waals surface area contributed by atoms with Gasteiger partial charge in [0.25, 0.3) is 0 Å². The Morgan fingerprint density at radius 2 is 2.25 bits per heavy atom. The summed E-state index contributed by atoms with van der Waals surface area (Å²) in [5, 5.41) is 4.87. The van der Waals surface area contributed by atoms with E-state index >= 15 is 0 Å². The molecule has 0 bridgehead atoms. The zero-order valence-electron chi connectivity index (χ0n) is 11.6. The summed E-state index contributed by atoms with van der Waals surface area (Å²) in [5.41, 5.74) is 2.20. The molecule has 0 spiro atoms. The number of benzene rings is 1. The first-order valence-corrected chi connectivity index (χ1v) is 7.20. The smallest absolute Gasteiger partial charge is 0.244 e. The number of rotatable bonds is 5. The standard InChI is InChI=1S/C16H17NO2S/c1-12-8-9-20-15(12)6-7-16(18)17-11-13-4-3-5-14(10-13)19-2/h3-10H,11H2,1-2H3,(H,17,18)/b7-6+. The molecule has 0 fully saturated rings. The summed E-state index contributed by atoms with van der Waals surface area (Å²) < 4.78 is 5.15. The molecule has 0 radical (unpaired) electrons. The Morgan fingerprint density at radius 3 is 2.95 bits per heavy atom. The van der Waals surface area contributed by atoms with Crippen LogP contribution in [0.15, 0.2) is 41.8 Å². The number of amides is 1. The largest absolute Gasteiger partial charge is 0.497 e. The highest BCUT2D eigenvalue weighted by Gasteiger charge is 2.00. The van der Waals surface area contributed by atoms with Gasteiger partial charge in [-0.2, -0.15) is 0 Å². The van der Waals surface area contributed by atoms with Crippen LogP contribution >= 0.6 is 11.3 Å². The molecule has 0 unspecified atom stereocenters. The molecule has 0 aliphatic carbocycles. The molecular weight excluding hydrogens is 270 g/mol. The molecule has 1 aromatic carbocycles. The van der Waals surface area contributed by atoms with Crippen molar-refractivity contribution in [2.45, 2.75) is 13.5 Å². The third-order valence-corrected chi connectivity index (χ3v) is 3.87. The SMILES string of the molecule is COc1cccc(CNC(=O)/C=C/c2sccc2C)c1. The number of carbonyl (C=O) groups is 1. The van der Waals surface area contributed by atoms with Gasteiger partial charge in [-0.05, 0) is 47.7 Å². The van der Waals surface area contributed by atoms with E-state index in [1.807, 2.05) is 48.7 Å². The number of ether oxygens (including phenoxy) is 1. The molecule has 4 heteroatoms. The summed E-state index contributed by atoms with van der Waals surface area (Å²) in [7, 11) is 1.63. The van der Waals surface area contributed by atoms with Crippen LogP contribution in [0.3, 0.4) is 0 Å². The summed E-state index contributed by atoms with van der Waals surface area (Å²) in [5.74, 6) is 0.696. The minimum absolute atomic E-state index is 0.0966. The first-order chi connectivity index (χ1) is 9.69. The Morgan fingerprint density at radius 1 is 1.40 bits per heavy atom. The molecule has 104 valence electrons. The first-order valence-electron chi connectivity index (χ1n) is 6.32. The van der Waals surface area contributed by atoms with Crippen molar-refractivity contribution in [2.75, 3.05) is 7.11 Å². The highest BCUT2D eigenvalue weighted by atomic mass is 32.1. The molecule has 0 atom stereocenters. The zero-order valence-corrected chi connectivity index (χ0v) is 12.4. The molecule has 1 heterocycles. The summed E-state index contributed by atoms with van der Waals surface area (Å²) in [4.78, 5) is 12.9. The quantitative estimate of drug-likeness (QED) is 0.856. The number of methoxy groups -OCH3 is 1. The van der Waals surface area contributed by atoms with Crippen LogP contribution in [0, 0.1) is 6.92 Å². The van der Waals surface area contributed by atoms with E-state index in [9.17, 15) is 4.79 Å². The van der Waals surface area contributed by atoms with Gasteiger partial charge in [-0.25, -0.2) is 0 Å². The van der Waals surface area contributed by atoms with E-state index in [4.69, 9.17) is 4.74 Å². The van der Waals surface area contributed by atoms with E-state index in [0.717, 1.165) is 16.2 Å². The lowest BCUT2D eigenvalue weighted by atomic mass is 10.2. The molecule has 0 saturated carbocycles. The maximum atomic E-state index is 11.8. The summed E-state index contributed by atoms with van der Waals surface area (Å²) in [6.07, 6.45) is 3.42. The van der Waals surface area contributed by atoms with E-state index in [1.54, 1.807) is 24.5 Å². The van der Waals surface area contributed by atoms with Gasteiger partial charge in [0.05, 0.1) is 7.11 Å². The van der Waals surface area contributed by atoms with E-state index in [0.29, 0.717) is 6.54 Å². The van der Waals surface area contributed by atoms with Gasteiger partial charge in [0, 0.05) is 17.5 Å². The molecule has 2 aromatic rings. The van der Waals surface area contributed by atoms with Crippen molar-refractivity contribution < 1.29 is 9.53 Å². The van der Waals surface area contributed by atoms with Crippen LogP contribution in [0.4, 0.5) is 0 Å². The van der Waals surface area contributed by atoms with Gasteiger partial charge in [0.1, 0.15) is 5.75 Å². The van der Waals surface area contributed by atoms with Gasteiger partial charge in [0.2, 0.25) is 5.91 Å². The van der Waals surface area contributed by atoms with Crippen molar-refractivity contribution in [3.05, 3.63) is 57.8 Å². The Kier molecular flexibility index (Phi) is 4.96. The number of nitrogens with one attached hydrogen (secondary N) is 1. The lowest BCUT2D eigenvalue weighted by Gasteiger charge is -2.05. The van der Waals surface area contributed by atoms with Crippen molar-refractivity contribution in [1.29, 1.82) is 0 Å². The lowest BCUT2D eigenvalue weighted by Crippen LogP contribution is -2.20. The van der Waals surface area contributed by atoms with Crippen molar-refractivity contribution in [3.63, 3.8) is 0 Å². The number of hydrogen-bond acceptors (Lipinski definition) is 3. The van der Waals surface area contributed by atoms with E-state index < -0.39 is 0 Å². The average molecular weight is 287 g/mol. The maximum Gasteiger partial charge on any atom is 0.244 e. The summed E-state index contributed by atoms with van der Waals surface area (Å²) in [6.45, 7) is 2.52. The lowest BCUT2D eigenvalue weighted by molar-refractivity contribution is -0.116. The molecule has 1 aromatic heterocycles. The first kappa shape index (κ1) is 14.3. The number of carbonyl (C=O) groups excluding carboxylic acids is 1. The molecule has 0 aliphatic rings. The monoisotopic (exact) mass is 287 g/mol. The fourth-order valence-corrected chi connectivity index (χ4v) is 2.56. The third-order valence-electron chi connectivity index (χ3n) is 2.89. The van der Waals surface area contributed by atoms with E-state index in [2.05, 4.69) is 5.32 Å². The number of thiophene rings is 1. The average Bonchev–Trinajstić information content (AvgIpc) is 2.88. The molecule has 3 nitrogen and oxygen atoms in total. The number of hydrogen-bond donors (Lipinski definition) is 1. The predicted molar refractivity (Wildman–Crippen MR) is 82.9 cm³/mol. The van der Waals surface area contributed by atoms with Gasteiger partial charge in [-0.1, -0.05) is 12.1 Å². The van der Waals surface area contributed by atoms with Gasteiger partial charge in [-0.15, -0.1) is 11.3 Å². The van der Waals surface area contributed by atoms with Crippen LogP contribution in [0.2, 0.25) is 0 Å². The van der Waals surface area contributed by atoms with Gasteiger partial charge < -0.3 is 10.1 Å².